The fourth-order valence-electron chi connectivity index (χ4n) is 1.64. The van der Waals surface area contributed by atoms with Crippen LogP contribution < -0.4 is 0 Å². The maximum absolute atomic E-state index is 10.0. The SMILES string of the molecule is O[C@H](Cc1ccc(Cl)cc1)c1ccccc1. The Hall–Kier alpha value is -1.31. The van der Waals surface area contributed by atoms with Crippen molar-refractivity contribution in [2.45, 2.75) is 12.5 Å². The third kappa shape index (κ3) is 2.84. The number of aliphatic hydroxyl groups excluding tert-OH is 1. The van der Waals surface area contributed by atoms with E-state index < -0.39 is 6.10 Å². The summed E-state index contributed by atoms with van der Waals surface area (Å²) in [6.45, 7) is 0. The molecule has 0 spiro atoms. The monoisotopic (exact) mass is 232 g/mol. The Morgan fingerprint density at radius 1 is 0.938 bits per heavy atom. The predicted octanol–water partition coefficient (Wildman–Crippen LogP) is 3.62. The summed E-state index contributed by atoms with van der Waals surface area (Å²) >= 11 is 5.80. The van der Waals surface area contributed by atoms with Crippen LogP contribution in [-0.4, -0.2) is 5.11 Å². The van der Waals surface area contributed by atoms with Gasteiger partial charge in [-0.2, -0.15) is 0 Å². The van der Waals surface area contributed by atoms with Crippen molar-refractivity contribution in [1.29, 1.82) is 0 Å². The molecule has 0 radical (unpaired) electrons. The van der Waals surface area contributed by atoms with Crippen molar-refractivity contribution in [3.05, 3.63) is 70.7 Å². The molecule has 0 aliphatic heterocycles. The Morgan fingerprint density at radius 3 is 2.19 bits per heavy atom. The highest BCUT2D eigenvalue weighted by atomic mass is 35.5. The Morgan fingerprint density at radius 2 is 1.56 bits per heavy atom. The molecule has 2 aromatic rings. The highest BCUT2D eigenvalue weighted by Gasteiger charge is 2.07. The van der Waals surface area contributed by atoms with Gasteiger partial charge in [0.25, 0.3) is 0 Å². The zero-order valence-electron chi connectivity index (χ0n) is 8.81. The second-order valence-electron chi connectivity index (χ2n) is 3.76. The molecule has 0 aliphatic carbocycles. The van der Waals surface area contributed by atoms with Gasteiger partial charge < -0.3 is 5.11 Å². The van der Waals surface area contributed by atoms with Crippen LogP contribution in [0, 0.1) is 0 Å². The van der Waals surface area contributed by atoms with Gasteiger partial charge in [0.2, 0.25) is 0 Å². The van der Waals surface area contributed by atoms with Crippen molar-refractivity contribution in [2.75, 3.05) is 0 Å². The minimum atomic E-state index is -0.456. The summed E-state index contributed by atoms with van der Waals surface area (Å²) in [5.41, 5.74) is 2.03. The van der Waals surface area contributed by atoms with Crippen molar-refractivity contribution < 1.29 is 5.11 Å². The van der Waals surface area contributed by atoms with Crippen LogP contribution in [0.25, 0.3) is 0 Å². The Labute approximate surface area is 100 Å². The Bertz CT molecular complexity index is 436. The van der Waals surface area contributed by atoms with Crippen molar-refractivity contribution in [2.24, 2.45) is 0 Å². The van der Waals surface area contributed by atoms with Gasteiger partial charge in [0.05, 0.1) is 6.10 Å². The normalized spacial score (nSPS) is 12.4. The Balaban J connectivity index is 2.08. The highest BCUT2D eigenvalue weighted by molar-refractivity contribution is 6.30. The van der Waals surface area contributed by atoms with Crippen molar-refractivity contribution in [3.63, 3.8) is 0 Å². The van der Waals surface area contributed by atoms with Crippen LogP contribution in [0.5, 0.6) is 0 Å². The fourth-order valence-corrected chi connectivity index (χ4v) is 1.76. The lowest BCUT2D eigenvalue weighted by molar-refractivity contribution is 0.178. The number of benzene rings is 2. The molecule has 1 N–H and O–H groups in total. The van der Waals surface area contributed by atoms with Gasteiger partial charge in [-0.25, -0.2) is 0 Å². The largest absolute Gasteiger partial charge is 0.388 e. The first-order valence-electron chi connectivity index (χ1n) is 5.23. The van der Waals surface area contributed by atoms with Gasteiger partial charge in [-0.1, -0.05) is 54.1 Å². The molecule has 0 heterocycles. The van der Waals surface area contributed by atoms with Crippen molar-refractivity contribution in [1.82, 2.24) is 0 Å². The zero-order valence-corrected chi connectivity index (χ0v) is 9.56. The lowest BCUT2D eigenvalue weighted by Crippen LogP contribution is -2.01. The van der Waals surface area contributed by atoms with E-state index in [4.69, 9.17) is 11.6 Å². The summed E-state index contributed by atoms with van der Waals surface area (Å²) in [6.07, 6.45) is 0.156. The maximum atomic E-state index is 10.0. The number of rotatable bonds is 3. The van der Waals surface area contributed by atoms with Crippen LogP contribution >= 0.6 is 11.6 Å². The number of aliphatic hydroxyl groups is 1. The van der Waals surface area contributed by atoms with Crippen LogP contribution in [0.15, 0.2) is 54.6 Å². The summed E-state index contributed by atoms with van der Waals surface area (Å²) in [4.78, 5) is 0. The number of hydrogen-bond acceptors (Lipinski definition) is 1. The first kappa shape index (κ1) is 11.2. The lowest BCUT2D eigenvalue weighted by atomic mass is 10.0. The molecular weight excluding hydrogens is 220 g/mol. The summed E-state index contributed by atoms with van der Waals surface area (Å²) in [5.74, 6) is 0. The van der Waals surface area contributed by atoms with Gasteiger partial charge in [-0.15, -0.1) is 0 Å². The summed E-state index contributed by atoms with van der Waals surface area (Å²) in [5, 5.41) is 10.7. The van der Waals surface area contributed by atoms with Crippen LogP contribution in [-0.2, 0) is 6.42 Å². The maximum Gasteiger partial charge on any atom is 0.0830 e. The second-order valence-corrected chi connectivity index (χ2v) is 4.19. The molecule has 0 fully saturated rings. The molecular formula is C14H13ClO. The molecule has 0 saturated carbocycles. The van der Waals surface area contributed by atoms with E-state index in [0.29, 0.717) is 6.42 Å². The molecule has 0 unspecified atom stereocenters. The lowest BCUT2D eigenvalue weighted by Gasteiger charge is -2.10. The summed E-state index contributed by atoms with van der Waals surface area (Å²) in [6, 6.07) is 17.2. The first-order valence-corrected chi connectivity index (χ1v) is 5.61. The van der Waals surface area contributed by atoms with Crippen LogP contribution in [0.1, 0.15) is 17.2 Å². The molecule has 2 rings (SSSR count). The molecule has 0 aliphatic rings. The smallest absolute Gasteiger partial charge is 0.0830 e. The minimum Gasteiger partial charge on any atom is -0.388 e. The van der Waals surface area contributed by atoms with Gasteiger partial charge in [0.1, 0.15) is 0 Å². The van der Waals surface area contributed by atoms with E-state index in [9.17, 15) is 5.11 Å². The first-order chi connectivity index (χ1) is 7.75. The van der Waals surface area contributed by atoms with Crippen LogP contribution in [0.4, 0.5) is 0 Å². The third-order valence-corrected chi connectivity index (χ3v) is 2.78. The molecule has 16 heavy (non-hydrogen) atoms. The van der Waals surface area contributed by atoms with E-state index in [1.807, 2.05) is 54.6 Å². The van der Waals surface area contributed by atoms with Crippen LogP contribution in [0.3, 0.4) is 0 Å². The number of hydrogen-bond donors (Lipinski definition) is 1. The van der Waals surface area contributed by atoms with E-state index in [-0.39, 0.29) is 0 Å². The van der Waals surface area contributed by atoms with E-state index >= 15 is 0 Å². The van der Waals surface area contributed by atoms with Gasteiger partial charge in [0.15, 0.2) is 0 Å². The minimum absolute atomic E-state index is 0.456. The van der Waals surface area contributed by atoms with Crippen LogP contribution in [0.2, 0.25) is 5.02 Å². The predicted molar refractivity (Wildman–Crippen MR) is 66.6 cm³/mol. The van der Waals surface area contributed by atoms with E-state index in [0.717, 1.165) is 16.1 Å². The number of halogens is 1. The second kappa shape index (κ2) is 5.15. The van der Waals surface area contributed by atoms with Gasteiger partial charge in [-0.3, -0.25) is 0 Å². The van der Waals surface area contributed by atoms with E-state index in [1.54, 1.807) is 0 Å². The van der Waals surface area contributed by atoms with Gasteiger partial charge >= 0.3 is 0 Å². The van der Waals surface area contributed by atoms with E-state index in [2.05, 4.69) is 0 Å². The topological polar surface area (TPSA) is 20.2 Å². The Kier molecular flexibility index (Phi) is 3.60. The summed E-state index contributed by atoms with van der Waals surface area (Å²) in [7, 11) is 0. The standard InChI is InChI=1S/C14H13ClO/c15-13-8-6-11(7-9-13)10-14(16)12-4-2-1-3-5-12/h1-9,14,16H,10H2/t14-/m1/s1. The average molecular weight is 233 g/mol. The van der Waals surface area contributed by atoms with Gasteiger partial charge in [0, 0.05) is 11.4 Å². The van der Waals surface area contributed by atoms with E-state index in [1.165, 1.54) is 0 Å². The zero-order chi connectivity index (χ0) is 11.4. The third-order valence-electron chi connectivity index (χ3n) is 2.53. The molecule has 2 aromatic carbocycles. The molecule has 1 nitrogen and oxygen atoms in total. The fraction of sp³-hybridized carbons (Fsp3) is 0.143. The molecule has 82 valence electrons. The molecule has 0 bridgehead atoms. The highest BCUT2D eigenvalue weighted by Crippen LogP contribution is 2.19. The van der Waals surface area contributed by atoms with Gasteiger partial charge in [-0.05, 0) is 23.3 Å². The molecule has 2 heteroatoms. The quantitative estimate of drug-likeness (QED) is 0.857. The van der Waals surface area contributed by atoms with Crippen molar-refractivity contribution >= 4 is 11.6 Å². The average Bonchev–Trinajstić information content (AvgIpc) is 2.33. The summed E-state index contributed by atoms with van der Waals surface area (Å²) < 4.78 is 0. The molecule has 0 aromatic heterocycles. The molecule has 0 amide bonds. The van der Waals surface area contributed by atoms with Crippen molar-refractivity contribution in [3.8, 4) is 0 Å². The molecule has 0 saturated heterocycles. The molecule has 1 atom stereocenters.